The molecule has 0 aromatic heterocycles. The first kappa shape index (κ1) is 20.4. The predicted molar refractivity (Wildman–Crippen MR) is 116 cm³/mol. The number of nitrogens with zero attached hydrogens (tertiary/aromatic N) is 1. The fourth-order valence-electron chi connectivity index (χ4n) is 3.91. The van der Waals surface area contributed by atoms with E-state index in [1.165, 1.54) is 23.6 Å². The lowest BCUT2D eigenvalue weighted by molar-refractivity contribution is 0.305. The summed E-state index contributed by atoms with van der Waals surface area (Å²) in [5.74, 6) is -2.76. The Bertz CT molecular complexity index is 1060. The van der Waals surface area contributed by atoms with Crippen molar-refractivity contribution in [2.24, 2.45) is 0 Å². The summed E-state index contributed by atoms with van der Waals surface area (Å²) in [6.45, 7) is 3.62. The summed E-state index contributed by atoms with van der Waals surface area (Å²) in [5.41, 5.74) is 4.35. The number of hydrogen-bond donors (Lipinski definition) is 0. The third kappa shape index (κ3) is 4.34. The fourth-order valence-corrected chi connectivity index (χ4v) is 3.91. The number of hydrogen-bond acceptors (Lipinski definition) is 1. The van der Waals surface area contributed by atoms with Crippen LogP contribution in [0.15, 0.2) is 66.7 Å². The molecule has 0 atom stereocenters. The van der Waals surface area contributed by atoms with Gasteiger partial charge in [0.15, 0.2) is 11.6 Å². The third-order valence-electron chi connectivity index (χ3n) is 5.79. The number of halogens is 3. The highest BCUT2D eigenvalue weighted by Gasteiger charge is 2.20. The molecule has 0 N–H and O–H groups in total. The first-order valence-electron chi connectivity index (χ1n) is 10.2. The van der Waals surface area contributed by atoms with E-state index in [-0.39, 0.29) is 11.1 Å². The molecule has 154 valence electrons. The molecule has 0 amide bonds. The lowest BCUT2D eigenvalue weighted by Gasteiger charge is -2.27. The Morgan fingerprint density at radius 1 is 0.867 bits per heavy atom. The van der Waals surface area contributed by atoms with Gasteiger partial charge in [0.25, 0.3) is 0 Å². The van der Waals surface area contributed by atoms with E-state index in [1.807, 2.05) is 24.3 Å². The summed E-state index contributed by atoms with van der Waals surface area (Å²) in [6, 6.07) is 19.9. The zero-order valence-corrected chi connectivity index (χ0v) is 17.0. The van der Waals surface area contributed by atoms with Crippen molar-refractivity contribution < 1.29 is 13.2 Å². The monoisotopic (exact) mass is 407 g/mol. The van der Waals surface area contributed by atoms with Crippen LogP contribution in [0.4, 0.5) is 13.2 Å². The zero-order chi connectivity index (χ0) is 21.1. The van der Waals surface area contributed by atoms with E-state index in [2.05, 4.69) is 41.3 Å². The van der Waals surface area contributed by atoms with Crippen LogP contribution in [-0.4, -0.2) is 24.5 Å². The molecule has 0 radical (unpaired) electrons. The van der Waals surface area contributed by atoms with Gasteiger partial charge in [-0.15, -0.1) is 0 Å². The average Bonchev–Trinajstić information content (AvgIpc) is 2.80. The van der Waals surface area contributed by atoms with Gasteiger partial charge in [-0.05, 0) is 48.1 Å². The highest BCUT2D eigenvalue weighted by atomic mass is 19.2. The molecule has 0 saturated carbocycles. The largest absolute Gasteiger partial charge is 0.299 e. The molecular weight excluding hydrogens is 383 g/mol. The van der Waals surface area contributed by atoms with Crippen molar-refractivity contribution >= 4 is 5.57 Å². The molecule has 1 aliphatic heterocycles. The maximum Gasteiger partial charge on any atom is 0.164 e. The molecule has 3 aromatic carbocycles. The fraction of sp³-hybridized carbons (Fsp3) is 0.231. The summed E-state index contributed by atoms with van der Waals surface area (Å²) in [5, 5.41) is 0. The van der Waals surface area contributed by atoms with Crippen LogP contribution >= 0.6 is 0 Å². The van der Waals surface area contributed by atoms with Gasteiger partial charge < -0.3 is 0 Å². The second kappa shape index (κ2) is 8.88. The van der Waals surface area contributed by atoms with Crippen molar-refractivity contribution in [2.45, 2.75) is 19.8 Å². The summed E-state index contributed by atoms with van der Waals surface area (Å²) in [7, 11) is 0. The van der Waals surface area contributed by atoms with E-state index in [1.54, 1.807) is 0 Å². The van der Waals surface area contributed by atoms with Crippen molar-refractivity contribution in [3.8, 4) is 11.1 Å². The Kier molecular flexibility index (Phi) is 6.05. The normalized spacial score (nSPS) is 14.6. The van der Waals surface area contributed by atoms with Crippen LogP contribution in [0.5, 0.6) is 0 Å². The highest BCUT2D eigenvalue weighted by molar-refractivity contribution is 5.68. The first-order chi connectivity index (χ1) is 14.5. The molecule has 0 unspecified atom stereocenters. The van der Waals surface area contributed by atoms with Crippen LogP contribution in [0.2, 0.25) is 0 Å². The zero-order valence-electron chi connectivity index (χ0n) is 17.0. The molecule has 4 rings (SSSR count). The minimum Gasteiger partial charge on any atom is -0.299 e. The van der Waals surface area contributed by atoms with Crippen LogP contribution < -0.4 is 0 Å². The summed E-state index contributed by atoms with van der Waals surface area (Å²) in [6.07, 6.45) is 3.47. The Morgan fingerprint density at radius 2 is 1.57 bits per heavy atom. The van der Waals surface area contributed by atoms with E-state index in [0.29, 0.717) is 13.0 Å². The highest BCUT2D eigenvalue weighted by Crippen LogP contribution is 2.29. The Hall–Kier alpha value is -2.85. The van der Waals surface area contributed by atoms with Gasteiger partial charge in [0.1, 0.15) is 5.82 Å². The Morgan fingerprint density at radius 3 is 2.23 bits per heavy atom. The lowest BCUT2D eigenvalue weighted by Crippen LogP contribution is -2.30. The maximum absolute atomic E-state index is 14.4. The molecule has 0 aliphatic carbocycles. The van der Waals surface area contributed by atoms with Gasteiger partial charge in [-0.2, -0.15) is 0 Å². The smallest absolute Gasteiger partial charge is 0.164 e. The first-order valence-corrected chi connectivity index (χ1v) is 10.2. The molecule has 1 aliphatic rings. The number of benzene rings is 3. The Balaban J connectivity index is 1.37. The van der Waals surface area contributed by atoms with E-state index in [0.717, 1.165) is 31.1 Å². The lowest BCUT2D eigenvalue weighted by atomic mass is 9.96. The van der Waals surface area contributed by atoms with E-state index >= 15 is 0 Å². The molecule has 3 aromatic rings. The van der Waals surface area contributed by atoms with E-state index in [9.17, 15) is 13.2 Å². The molecule has 0 bridgehead atoms. The number of rotatable bonds is 5. The SMILES string of the molecule is Cc1c(F)c(F)cc(C2=CCN(CCc3ccc(-c4ccccc4)cc3)CC2)c1F. The van der Waals surface area contributed by atoms with Crippen LogP contribution in [0, 0.1) is 24.4 Å². The van der Waals surface area contributed by atoms with Gasteiger partial charge in [0.05, 0.1) is 0 Å². The molecule has 0 spiro atoms. The molecule has 0 saturated heterocycles. The van der Waals surface area contributed by atoms with Gasteiger partial charge in [-0.3, -0.25) is 4.90 Å². The standard InChI is InChI=1S/C26H24F3N/c1-18-25(28)23(17-24(27)26(18)29)22-12-15-30(16-13-22)14-11-19-7-9-21(10-8-19)20-5-3-2-4-6-20/h2-10,12,17H,11,13-16H2,1H3. The molecule has 0 fully saturated rings. The second-order valence-electron chi connectivity index (χ2n) is 7.75. The molecule has 1 nitrogen and oxygen atoms in total. The van der Waals surface area contributed by atoms with Crippen molar-refractivity contribution in [1.29, 1.82) is 0 Å². The minimum atomic E-state index is -1.10. The summed E-state index contributed by atoms with van der Waals surface area (Å²) < 4.78 is 41.6. The van der Waals surface area contributed by atoms with Crippen LogP contribution in [-0.2, 0) is 6.42 Å². The quantitative estimate of drug-likeness (QED) is 0.442. The Labute approximate surface area is 175 Å². The topological polar surface area (TPSA) is 3.24 Å². The molecular formula is C26H24F3N. The minimum absolute atomic E-state index is 0.183. The molecule has 30 heavy (non-hydrogen) atoms. The second-order valence-corrected chi connectivity index (χ2v) is 7.75. The van der Waals surface area contributed by atoms with Crippen LogP contribution in [0.3, 0.4) is 0 Å². The predicted octanol–water partition coefficient (Wildman–Crippen LogP) is 6.41. The van der Waals surface area contributed by atoms with Crippen molar-refractivity contribution in [2.75, 3.05) is 19.6 Å². The van der Waals surface area contributed by atoms with Crippen molar-refractivity contribution in [3.63, 3.8) is 0 Å². The van der Waals surface area contributed by atoms with Gasteiger partial charge in [-0.25, -0.2) is 13.2 Å². The van der Waals surface area contributed by atoms with Crippen LogP contribution in [0.25, 0.3) is 16.7 Å². The van der Waals surface area contributed by atoms with Crippen LogP contribution in [0.1, 0.15) is 23.1 Å². The molecule has 4 heteroatoms. The van der Waals surface area contributed by atoms with Gasteiger partial charge >= 0.3 is 0 Å². The van der Waals surface area contributed by atoms with Gasteiger partial charge in [-0.1, -0.05) is 60.7 Å². The summed E-state index contributed by atoms with van der Waals surface area (Å²) in [4.78, 5) is 2.29. The van der Waals surface area contributed by atoms with E-state index in [4.69, 9.17) is 0 Å². The van der Waals surface area contributed by atoms with E-state index < -0.39 is 17.5 Å². The van der Waals surface area contributed by atoms with Crippen molar-refractivity contribution in [3.05, 3.63) is 101 Å². The average molecular weight is 407 g/mol. The van der Waals surface area contributed by atoms with Crippen molar-refractivity contribution in [1.82, 2.24) is 4.90 Å². The van der Waals surface area contributed by atoms with Gasteiger partial charge in [0, 0.05) is 30.8 Å². The third-order valence-corrected chi connectivity index (χ3v) is 5.79. The maximum atomic E-state index is 14.4. The molecule has 1 heterocycles. The summed E-state index contributed by atoms with van der Waals surface area (Å²) >= 11 is 0. The van der Waals surface area contributed by atoms with Gasteiger partial charge in [0.2, 0.25) is 0 Å².